The Morgan fingerprint density at radius 1 is 1.21 bits per heavy atom. The molecule has 29 heavy (non-hydrogen) atoms. The highest BCUT2D eigenvalue weighted by Gasteiger charge is 2.52. The first kappa shape index (κ1) is 19.7. The molecule has 2 heterocycles. The molecule has 1 aromatic carbocycles. The monoisotopic (exact) mass is 398 g/mol. The summed E-state index contributed by atoms with van der Waals surface area (Å²) in [5.74, 6) is -0.0531. The molecule has 2 N–H and O–H groups in total. The Labute approximate surface area is 171 Å². The largest absolute Gasteiger partial charge is 0.371 e. The summed E-state index contributed by atoms with van der Waals surface area (Å²) in [6.07, 6.45) is 5.54. The van der Waals surface area contributed by atoms with Crippen LogP contribution in [0, 0.1) is 12.8 Å². The average Bonchev–Trinajstić information content (AvgIpc) is 3.28. The molecular formula is C22H30N4O3. The van der Waals surface area contributed by atoms with Gasteiger partial charge in [-0.25, -0.2) is 4.79 Å². The number of carbonyl (C=O) groups is 3. The van der Waals surface area contributed by atoms with E-state index in [1.165, 1.54) is 18.5 Å². The number of benzene rings is 1. The molecule has 1 aromatic rings. The number of urea groups is 1. The third kappa shape index (κ3) is 3.82. The van der Waals surface area contributed by atoms with Crippen molar-refractivity contribution in [3.05, 3.63) is 23.8 Å². The Morgan fingerprint density at radius 2 is 1.90 bits per heavy atom. The molecular weight excluding hydrogens is 368 g/mol. The van der Waals surface area contributed by atoms with Crippen molar-refractivity contribution in [1.82, 2.24) is 10.2 Å². The maximum Gasteiger partial charge on any atom is 0.325 e. The minimum Gasteiger partial charge on any atom is -0.371 e. The number of aryl methyl sites for hydroxylation is 1. The molecule has 7 heteroatoms. The Morgan fingerprint density at radius 3 is 2.55 bits per heavy atom. The quantitative estimate of drug-likeness (QED) is 0.764. The fraction of sp³-hybridized carbons (Fsp3) is 0.591. The van der Waals surface area contributed by atoms with Gasteiger partial charge in [-0.15, -0.1) is 0 Å². The molecule has 3 aliphatic rings. The van der Waals surface area contributed by atoms with Crippen LogP contribution in [0.4, 0.5) is 16.2 Å². The summed E-state index contributed by atoms with van der Waals surface area (Å²) >= 11 is 0. The molecule has 0 atom stereocenters. The maximum absolute atomic E-state index is 12.9. The topological polar surface area (TPSA) is 81.8 Å². The van der Waals surface area contributed by atoms with Crippen LogP contribution in [0.5, 0.6) is 0 Å². The van der Waals surface area contributed by atoms with Crippen LogP contribution in [0.2, 0.25) is 0 Å². The minimum atomic E-state index is -0.808. The smallest absolute Gasteiger partial charge is 0.325 e. The van der Waals surface area contributed by atoms with Gasteiger partial charge in [-0.05, 0) is 75.1 Å². The normalized spacial score (nSPS) is 26.9. The summed E-state index contributed by atoms with van der Waals surface area (Å²) in [5.41, 5.74) is 2.18. The lowest BCUT2D eigenvalue weighted by Gasteiger charge is -2.33. The number of nitrogens with zero attached hydrogens (tertiary/aromatic N) is 2. The average molecular weight is 399 g/mol. The second kappa shape index (κ2) is 7.69. The summed E-state index contributed by atoms with van der Waals surface area (Å²) in [7, 11) is 0. The number of hydrogen-bond donors (Lipinski definition) is 2. The lowest BCUT2D eigenvalue weighted by atomic mass is 9.77. The number of carbonyl (C=O) groups excluding carboxylic acids is 3. The summed E-state index contributed by atoms with van der Waals surface area (Å²) in [6.45, 7) is 6.08. The third-order valence-corrected chi connectivity index (χ3v) is 6.60. The van der Waals surface area contributed by atoms with Crippen molar-refractivity contribution in [2.75, 3.05) is 29.9 Å². The van der Waals surface area contributed by atoms with Gasteiger partial charge in [-0.2, -0.15) is 0 Å². The number of hydrogen-bond acceptors (Lipinski definition) is 4. The van der Waals surface area contributed by atoms with E-state index in [-0.39, 0.29) is 18.4 Å². The zero-order chi connectivity index (χ0) is 20.6. The van der Waals surface area contributed by atoms with Gasteiger partial charge in [0.1, 0.15) is 12.1 Å². The van der Waals surface area contributed by atoms with Crippen LogP contribution in [-0.4, -0.2) is 47.9 Å². The highest BCUT2D eigenvalue weighted by Crippen LogP contribution is 2.36. The van der Waals surface area contributed by atoms with Crippen molar-refractivity contribution in [2.45, 2.75) is 57.9 Å². The minimum absolute atomic E-state index is 0.255. The van der Waals surface area contributed by atoms with Crippen molar-refractivity contribution in [3.63, 3.8) is 0 Å². The lowest BCUT2D eigenvalue weighted by molar-refractivity contribution is -0.135. The molecule has 1 aliphatic carbocycles. The number of amides is 4. The van der Waals surface area contributed by atoms with Crippen molar-refractivity contribution in [3.8, 4) is 0 Å². The van der Waals surface area contributed by atoms with E-state index in [4.69, 9.17) is 0 Å². The summed E-state index contributed by atoms with van der Waals surface area (Å²) < 4.78 is 0. The van der Waals surface area contributed by atoms with E-state index in [1.807, 2.05) is 25.1 Å². The number of nitrogens with one attached hydrogen (secondary N) is 2. The van der Waals surface area contributed by atoms with Crippen LogP contribution in [0.25, 0.3) is 0 Å². The highest BCUT2D eigenvalue weighted by atomic mass is 16.2. The zero-order valence-electron chi connectivity index (χ0n) is 17.3. The van der Waals surface area contributed by atoms with Gasteiger partial charge in [-0.1, -0.05) is 6.92 Å². The van der Waals surface area contributed by atoms with Gasteiger partial charge in [-0.3, -0.25) is 14.5 Å². The zero-order valence-corrected chi connectivity index (χ0v) is 17.3. The van der Waals surface area contributed by atoms with Gasteiger partial charge in [0.15, 0.2) is 0 Å². The molecule has 4 amide bonds. The molecule has 1 saturated carbocycles. The molecule has 7 nitrogen and oxygen atoms in total. The number of anilines is 2. The van der Waals surface area contributed by atoms with Crippen LogP contribution >= 0.6 is 0 Å². The number of imide groups is 1. The van der Waals surface area contributed by atoms with Crippen LogP contribution in [0.15, 0.2) is 18.2 Å². The molecule has 0 radical (unpaired) electrons. The van der Waals surface area contributed by atoms with E-state index < -0.39 is 11.6 Å². The van der Waals surface area contributed by atoms with E-state index in [9.17, 15) is 14.4 Å². The van der Waals surface area contributed by atoms with Crippen molar-refractivity contribution >= 4 is 29.2 Å². The van der Waals surface area contributed by atoms with Gasteiger partial charge in [0, 0.05) is 24.5 Å². The summed E-state index contributed by atoms with van der Waals surface area (Å²) in [4.78, 5) is 41.2. The van der Waals surface area contributed by atoms with E-state index >= 15 is 0 Å². The Kier molecular flexibility index (Phi) is 5.23. The van der Waals surface area contributed by atoms with Gasteiger partial charge in [0.05, 0.1) is 0 Å². The molecule has 3 fully saturated rings. The first-order chi connectivity index (χ1) is 13.9. The van der Waals surface area contributed by atoms with Crippen molar-refractivity contribution in [1.29, 1.82) is 0 Å². The first-order valence-corrected chi connectivity index (χ1v) is 10.7. The van der Waals surface area contributed by atoms with Gasteiger partial charge >= 0.3 is 6.03 Å². The van der Waals surface area contributed by atoms with Gasteiger partial charge in [0.2, 0.25) is 5.91 Å². The van der Waals surface area contributed by atoms with Gasteiger partial charge < -0.3 is 15.5 Å². The fourth-order valence-corrected chi connectivity index (χ4v) is 4.80. The lowest BCUT2D eigenvalue weighted by Crippen LogP contribution is -2.49. The van der Waals surface area contributed by atoms with E-state index in [1.54, 1.807) is 0 Å². The van der Waals surface area contributed by atoms with E-state index in [0.29, 0.717) is 24.4 Å². The van der Waals surface area contributed by atoms with Crippen molar-refractivity contribution < 1.29 is 14.4 Å². The Balaban J connectivity index is 1.39. The van der Waals surface area contributed by atoms with E-state index in [0.717, 1.165) is 36.4 Å². The molecule has 0 bridgehead atoms. The van der Waals surface area contributed by atoms with Crippen LogP contribution < -0.4 is 15.5 Å². The fourth-order valence-electron chi connectivity index (χ4n) is 4.80. The van der Waals surface area contributed by atoms with Crippen LogP contribution in [-0.2, 0) is 9.59 Å². The Bertz CT molecular complexity index is 823. The SMILES string of the molecule is Cc1cc(NC(=O)CN2C(=O)NC3(CCC(C)CC3)C2=O)ccc1N1CCCC1. The molecule has 2 aliphatic heterocycles. The predicted octanol–water partition coefficient (Wildman–Crippen LogP) is 3.03. The number of rotatable bonds is 4. The maximum atomic E-state index is 12.9. The van der Waals surface area contributed by atoms with Crippen LogP contribution in [0.3, 0.4) is 0 Å². The molecule has 156 valence electrons. The molecule has 0 aromatic heterocycles. The third-order valence-electron chi connectivity index (χ3n) is 6.60. The Hall–Kier alpha value is -2.57. The highest BCUT2D eigenvalue weighted by molar-refractivity contribution is 6.10. The van der Waals surface area contributed by atoms with Crippen LogP contribution in [0.1, 0.15) is 51.0 Å². The summed E-state index contributed by atoms with van der Waals surface area (Å²) in [5, 5.41) is 5.69. The first-order valence-electron chi connectivity index (χ1n) is 10.7. The predicted molar refractivity (Wildman–Crippen MR) is 112 cm³/mol. The van der Waals surface area contributed by atoms with Gasteiger partial charge in [0.25, 0.3) is 5.91 Å². The standard InChI is InChI=1S/C22H30N4O3/c1-15-7-9-22(10-8-15)20(28)26(21(29)24-22)14-19(27)23-17-5-6-18(16(2)13-17)25-11-3-4-12-25/h5-6,13,15H,3-4,7-12,14H2,1-2H3,(H,23,27)(H,24,29). The second-order valence-electron chi connectivity index (χ2n) is 8.83. The molecule has 0 unspecified atom stereocenters. The second-order valence-corrected chi connectivity index (χ2v) is 8.83. The molecule has 2 saturated heterocycles. The molecule has 4 rings (SSSR count). The van der Waals surface area contributed by atoms with Crippen molar-refractivity contribution in [2.24, 2.45) is 5.92 Å². The van der Waals surface area contributed by atoms with E-state index in [2.05, 4.69) is 22.5 Å². The molecule has 1 spiro atoms. The summed E-state index contributed by atoms with van der Waals surface area (Å²) in [6, 6.07) is 5.40.